The number of nitrogens with two attached hydrogens (primary N) is 1. The number of imidazole rings is 1. The van der Waals surface area contributed by atoms with Crippen LogP contribution in [0.1, 0.15) is 50.4 Å². The van der Waals surface area contributed by atoms with E-state index in [1.807, 2.05) is 19.4 Å². The van der Waals surface area contributed by atoms with Crippen LogP contribution < -0.4 is 5.73 Å². The highest BCUT2D eigenvalue weighted by Gasteiger charge is 2.40. The van der Waals surface area contributed by atoms with E-state index in [0.29, 0.717) is 6.04 Å². The van der Waals surface area contributed by atoms with Crippen LogP contribution in [-0.2, 0) is 0 Å². The molecule has 2 fully saturated rings. The molecule has 1 aromatic rings. The smallest absolute Gasteiger partial charge is 0.0951 e. The average molecular weight is 205 g/mol. The molecule has 4 atom stereocenters. The highest BCUT2D eigenvalue weighted by Crippen LogP contribution is 2.51. The molecule has 3 heteroatoms. The Balaban J connectivity index is 1.90. The molecule has 2 aliphatic carbocycles. The van der Waals surface area contributed by atoms with Crippen molar-refractivity contribution in [3.05, 3.63) is 18.2 Å². The largest absolute Gasteiger partial charge is 0.330 e. The van der Waals surface area contributed by atoms with Crippen LogP contribution in [0.15, 0.2) is 12.5 Å². The minimum atomic E-state index is 0.103. The fraction of sp³-hybridized carbons (Fsp3) is 0.750. The first-order valence-corrected chi connectivity index (χ1v) is 6.03. The van der Waals surface area contributed by atoms with Crippen molar-refractivity contribution < 1.29 is 0 Å². The molecule has 3 nitrogen and oxygen atoms in total. The van der Waals surface area contributed by atoms with E-state index in [2.05, 4.69) is 9.55 Å². The van der Waals surface area contributed by atoms with E-state index in [0.717, 1.165) is 11.8 Å². The highest BCUT2D eigenvalue weighted by atomic mass is 15.1. The van der Waals surface area contributed by atoms with Gasteiger partial charge in [-0.1, -0.05) is 6.42 Å². The number of hydrogen-bond acceptors (Lipinski definition) is 2. The van der Waals surface area contributed by atoms with Gasteiger partial charge in [-0.05, 0) is 38.0 Å². The maximum Gasteiger partial charge on any atom is 0.0951 e. The van der Waals surface area contributed by atoms with Crippen molar-refractivity contribution in [1.29, 1.82) is 0 Å². The van der Waals surface area contributed by atoms with Gasteiger partial charge in [0.25, 0.3) is 0 Å². The van der Waals surface area contributed by atoms with Crippen LogP contribution in [0.5, 0.6) is 0 Å². The Bertz CT molecular complexity index is 356. The Morgan fingerprint density at radius 2 is 2.33 bits per heavy atom. The fourth-order valence-electron chi connectivity index (χ4n) is 3.50. The van der Waals surface area contributed by atoms with Crippen molar-refractivity contribution >= 4 is 0 Å². The molecule has 0 saturated heterocycles. The fourth-order valence-corrected chi connectivity index (χ4v) is 3.50. The van der Waals surface area contributed by atoms with Crippen LogP contribution in [0.25, 0.3) is 0 Å². The second-order valence-corrected chi connectivity index (χ2v) is 5.26. The second-order valence-electron chi connectivity index (χ2n) is 5.26. The van der Waals surface area contributed by atoms with Gasteiger partial charge in [-0.2, -0.15) is 0 Å². The second kappa shape index (κ2) is 3.34. The summed E-state index contributed by atoms with van der Waals surface area (Å²) in [5.74, 6) is 1.87. The lowest BCUT2D eigenvalue weighted by atomic mass is 9.95. The van der Waals surface area contributed by atoms with Gasteiger partial charge in [0, 0.05) is 18.3 Å². The van der Waals surface area contributed by atoms with E-state index in [9.17, 15) is 0 Å². The minimum absolute atomic E-state index is 0.103. The van der Waals surface area contributed by atoms with Gasteiger partial charge in [0.05, 0.1) is 12.0 Å². The summed E-state index contributed by atoms with van der Waals surface area (Å²) in [6.07, 6.45) is 9.54. The third-order valence-corrected chi connectivity index (χ3v) is 4.22. The standard InChI is InChI=1S/C12H19N3/c1-8(13)12-6-14-7-15(12)11-5-9-2-3-10(11)4-9/h6-11H,2-5,13H2,1H3/t8-,9?,10?,11?/m0/s1. The van der Waals surface area contributed by atoms with Crippen molar-refractivity contribution in [1.82, 2.24) is 9.55 Å². The van der Waals surface area contributed by atoms with Crippen molar-refractivity contribution in [2.45, 2.75) is 44.7 Å². The number of aromatic nitrogens is 2. The lowest BCUT2D eigenvalue weighted by Crippen LogP contribution is -2.20. The van der Waals surface area contributed by atoms with E-state index < -0.39 is 0 Å². The van der Waals surface area contributed by atoms with E-state index in [4.69, 9.17) is 5.73 Å². The molecule has 1 aromatic heterocycles. The molecular weight excluding hydrogens is 186 g/mol. The molecule has 3 rings (SSSR count). The zero-order valence-electron chi connectivity index (χ0n) is 9.26. The summed E-state index contributed by atoms with van der Waals surface area (Å²) in [5, 5.41) is 0. The van der Waals surface area contributed by atoms with E-state index in [-0.39, 0.29) is 6.04 Å². The maximum absolute atomic E-state index is 5.96. The van der Waals surface area contributed by atoms with Crippen LogP contribution >= 0.6 is 0 Å². The van der Waals surface area contributed by atoms with Gasteiger partial charge in [-0.25, -0.2) is 4.98 Å². The Morgan fingerprint density at radius 1 is 1.47 bits per heavy atom. The predicted octanol–water partition coefficient (Wildman–Crippen LogP) is 2.26. The molecule has 2 aliphatic rings. The number of hydrogen-bond donors (Lipinski definition) is 1. The number of fused-ring (bicyclic) bond motifs is 2. The zero-order valence-corrected chi connectivity index (χ0v) is 9.26. The molecule has 0 amide bonds. The van der Waals surface area contributed by atoms with Crippen molar-refractivity contribution in [3.8, 4) is 0 Å². The van der Waals surface area contributed by atoms with Gasteiger partial charge in [0.15, 0.2) is 0 Å². The molecule has 2 N–H and O–H groups in total. The van der Waals surface area contributed by atoms with Crippen molar-refractivity contribution in [2.75, 3.05) is 0 Å². The SMILES string of the molecule is C[C@H](N)c1cncn1C1CC2CCC1C2. The van der Waals surface area contributed by atoms with Crippen LogP contribution in [-0.4, -0.2) is 9.55 Å². The quantitative estimate of drug-likeness (QED) is 0.805. The summed E-state index contributed by atoms with van der Waals surface area (Å²) in [5.41, 5.74) is 7.17. The monoisotopic (exact) mass is 205 g/mol. The topological polar surface area (TPSA) is 43.8 Å². The Hall–Kier alpha value is -0.830. The Kier molecular flexibility index (Phi) is 2.09. The molecular formula is C12H19N3. The molecule has 0 aromatic carbocycles. The normalized spacial score (nSPS) is 36.0. The lowest BCUT2D eigenvalue weighted by molar-refractivity contribution is 0.320. The summed E-state index contributed by atoms with van der Waals surface area (Å²) in [4.78, 5) is 4.25. The molecule has 2 bridgehead atoms. The molecule has 15 heavy (non-hydrogen) atoms. The number of nitrogens with zero attached hydrogens (tertiary/aromatic N) is 2. The third-order valence-electron chi connectivity index (χ3n) is 4.22. The van der Waals surface area contributed by atoms with Gasteiger partial charge in [0.2, 0.25) is 0 Å². The van der Waals surface area contributed by atoms with Crippen molar-refractivity contribution in [2.24, 2.45) is 17.6 Å². The third kappa shape index (κ3) is 1.41. The summed E-state index contributed by atoms with van der Waals surface area (Å²) in [6, 6.07) is 0.791. The highest BCUT2D eigenvalue weighted by molar-refractivity contribution is 5.08. The molecule has 0 radical (unpaired) electrons. The Morgan fingerprint density at radius 3 is 2.93 bits per heavy atom. The van der Waals surface area contributed by atoms with E-state index in [1.165, 1.54) is 31.4 Å². The zero-order chi connectivity index (χ0) is 10.4. The molecule has 3 unspecified atom stereocenters. The first-order valence-electron chi connectivity index (χ1n) is 6.03. The minimum Gasteiger partial charge on any atom is -0.330 e. The molecule has 0 spiro atoms. The van der Waals surface area contributed by atoms with Gasteiger partial charge < -0.3 is 10.3 Å². The molecule has 1 heterocycles. The predicted molar refractivity (Wildman–Crippen MR) is 59.3 cm³/mol. The van der Waals surface area contributed by atoms with E-state index >= 15 is 0 Å². The Labute approximate surface area is 90.7 Å². The van der Waals surface area contributed by atoms with E-state index in [1.54, 1.807) is 0 Å². The van der Waals surface area contributed by atoms with Crippen LogP contribution in [0.4, 0.5) is 0 Å². The summed E-state index contributed by atoms with van der Waals surface area (Å²) < 4.78 is 2.34. The first kappa shape index (κ1) is 9.40. The van der Waals surface area contributed by atoms with Crippen LogP contribution in [0, 0.1) is 11.8 Å². The van der Waals surface area contributed by atoms with Gasteiger partial charge in [0.1, 0.15) is 0 Å². The average Bonchev–Trinajstić information content (AvgIpc) is 2.92. The van der Waals surface area contributed by atoms with Crippen LogP contribution in [0.2, 0.25) is 0 Å². The molecule has 0 aliphatic heterocycles. The summed E-state index contributed by atoms with van der Waals surface area (Å²) in [7, 11) is 0. The number of rotatable bonds is 2. The lowest BCUT2D eigenvalue weighted by Gasteiger charge is -2.25. The summed E-state index contributed by atoms with van der Waals surface area (Å²) in [6.45, 7) is 2.04. The summed E-state index contributed by atoms with van der Waals surface area (Å²) >= 11 is 0. The van der Waals surface area contributed by atoms with Crippen molar-refractivity contribution in [3.63, 3.8) is 0 Å². The molecule has 82 valence electrons. The van der Waals surface area contributed by atoms with Gasteiger partial charge in [-0.15, -0.1) is 0 Å². The van der Waals surface area contributed by atoms with Gasteiger partial charge in [-0.3, -0.25) is 0 Å². The first-order chi connectivity index (χ1) is 7.25. The van der Waals surface area contributed by atoms with Crippen LogP contribution in [0.3, 0.4) is 0 Å². The maximum atomic E-state index is 5.96. The molecule has 2 saturated carbocycles. The van der Waals surface area contributed by atoms with Gasteiger partial charge >= 0.3 is 0 Å².